The summed E-state index contributed by atoms with van der Waals surface area (Å²) in [5.74, 6) is -1.70. The van der Waals surface area contributed by atoms with Crippen LogP contribution in [-0.2, 0) is 12.4 Å². The number of benzene rings is 2. The van der Waals surface area contributed by atoms with Gasteiger partial charge in [0.2, 0.25) is 0 Å². The van der Waals surface area contributed by atoms with Crippen molar-refractivity contribution in [3.63, 3.8) is 0 Å². The lowest BCUT2D eigenvalue weighted by Crippen LogP contribution is -2.04. The lowest BCUT2D eigenvalue weighted by atomic mass is 10.2. The van der Waals surface area contributed by atoms with E-state index < -0.39 is 17.5 Å². The van der Waals surface area contributed by atoms with Crippen LogP contribution in [0.4, 0.5) is 13.2 Å². The smallest absolute Gasteiger partial charge is 0.159 e. The first kappa shape index (κ1) is 13.9. The van der Waals surface area contributed by atoms with Gasteiger partial charge >= 0.3 is 0 Å². The van der Waals surface area contributed by atoms with Crippen LogP contribution in [0.5, 0.6) is 0 Å². The third kappa shape index (κ3) is 2.49. The average molecular weight is 311 g/mol. The van der Waals surface area contributed by atoms with Crippen molar-refractivity contribution in [1.82, 2.24) is 9.55 Å². The van der Waals surface area contributed by atoms with Gasteiger partial charge in [-0.05, 0) is 29.8 Å². The molecule has 3 aromatic rings. The summed E-state index contributed by atoms with van der Waals surface area (Å²) in [4.78, 5) is 4.16. The van der Waals surface area contributed by atoms with Gasteiger partial charge in [-0.2, -0.15) is 0 Å². The highest BCUT2D eigenvalue weighted by molar-refractivity contribution is 6.16. The maximum atomic E-state index is 13.7. The maximum Gasteiger partial charge on any atom is 0.159 e. The van der Waals surface area contributed by atoms with Crippen molar-refractivity contribution in [3.8, 4) is 0 Å². The molecule has 0 spiro atoms. The minimum atomic E-state index is -0.921. The number of hydrogen-bond acceptors (Lipinski definition) is 1. The molecule has 2 nitrogen and oxygen atoms in total. The summed E-state index contributed by atoms with van der Waals surface area (Å²) in [6, 6.07) is 8.24. The lowest BCUT2D eigenvalue weighted by Gasteiger charge is -2.08. The fraction of sp³-hybridized carbons (Fsp3) is 0.133. The highest BCUT2D eigenvalue weighted by Crippen LogP contribution is 2.22. The Kier molecular flexibility index (Phi) is 3.59. The van der Waals surface area contributed by atoms with E-state index in [0.717, 1.165) is 12.1 Å². The molecule has 108 valence electrons. The second kappa shape index (κ2) is 5.41. The Morgan fingerprint density at radius 1 is 1.00 bits per heavy atom. The molecule has 0 aliphatic heterocycles. The minimum Gasteiger partial charge on any atom is -0.322 e. The van der Waals surface area contributed by atoms with Crippen molar-refractivity contribution >= 4 is 22.6 Å². The first-order valence-electron chi connectivity index (χ1n) is 6.23. The SMILES string of the molecule is Fc1ccc(Cn2c(CCl)nc3c(F)cccc32)cc1F. The molecular formula is C15H10ClF3N2. The molecule has 0 saturated carbocycles. The van der Waals surface area contributed by atoms with Crippen LogP contribution in [0.1, 0.15) is 11.4 Å². The van der Waals surface area contributed by atoms with Crippen LogP contribution in [0.2, 0.25) is 0 Å². The van der Waals surface area contributed by atoms with Gasteiger partial charge in [0.25, 0.3) is 0 Å². The van der Waals surface area contributed by atoms with Crippen molar-refractivity contribution in [1.29, 1.82) is 0 Å². The fourth-order valence-corrected chi connectivity index (χ4v) is 2.46. The van der Waals surface area contributed by atoms with Gasteiger partial charge in [-0.15, -0.1) is 11.6 Å². The zero-order valence-electron chi connectivity index (χ0n) is 10.8. The van der Waals surface area contributed by atoms with Crippen LogP contribution < -0.4 is 0 Å². The van der Waals surface area contributed by atoms with E-state index in [1.165, 1.54) is 12.1 Å². The van der Waals surface area contributed by atoms with E-state index in [1.807, 2.05) is 0 Å². The standard InChI is InChI=1S/C15H10ClF3N2/c16-7-14-20-15-11(18)2-1-3-13(15)21(14)8-9-4-5-10(17)12(19)6-9/h1-6H,7-8H2. The Morgan fingerprint density at radius 2 is 1.81 bits per heavy atom. The van der Waals surface area contributed by atoms with Crippen LogP contribution in [0.15, 0.2) is 36.4 Å². The normalized spacial score (nSPS) is 11.2. The summed E-state index contributed by atoms with van der Waals surface area (Å²) < 4.78 is 41.7. The van der Waals surface area contributed by atoms with E-state index in [4.69, 9.17) is 11.6 Å². The van der Waals surface area contributed by atoms with Crippen molar-refractivity contribution < 1.29 is 13.2 Å². The molecule has 21 heavy (non-hydrogen) atoms. The van der Waals surface area contributed by atoms with E-state index in [1.54, 1.807) is 16.7 Å². The van der Waals surface area contributed by atoms with Gasteiger partial charge in [-0.25, -0.2) is 18.2 Å². The van der Waals surface area contributed by atoms with Crippen LogP contribution >= 0.6 is 11.6 Å². The number of nitrogens with zero attached hydrogens (tertiary/aromatic N) is 2. The molecule has 0 N–H and O–H groups in total. The maximum absolute atomic E-state index is 13.7. The fourth-order valence-electron chi connectivity index (χ4n) is 2.26. The van der Waals surface area contributed by atoms with Crippen LogP contribution in [0.3, 0.4) is 0 Å². The number of fused-ring (bicyclic) bond motifs is 1. The second-order valence-corrected chi connectivity index (χ2v) is 4.87. The topological polar surface area (TPSA) is 17.8 Å². The number of imidazole rings is 1. The Hall–Kier alpha value is -2.01. The second-order valence-electron chi connectivity index (χ2n) is 4.60. The third-order valence-electron chi connectivity index (χ3n) is 3.25. The van der Waals surface area contributed by atoms with Gasteiger partial charge in [-0.3, -0.25) is 0 Å². The van der Waals surface area contributed by atoms with Crippen molar-refractivity contribution in [2.45, 2.75) is 12.4 Å². The van der Waals surface area contributed by atoms with E-state index >= 15 is 0 Å². The number of rotatable bonds is 3. The molecule has 0 aliphatic rings. The molecule has 0 unspecified atom stereocenters. The summed E-state index contributed by atoms with van der Waals surface area (Å²) in [5.41, 5.74) is 1.33. The molecule has 3 rings (SSSR count). The van der Waals surface area contributed by atoms with E-state index in [9.17, 15) is 13.2 Å². The van der Waals surface area contributed by atoms with Gasteiger partial charge in [0.1, 0.15) is 11.3 Å². The number of aromatic nitrogens is 2. The summed E-state index contributed by atoms with van der Waals surface area (Å²) in [6.45, 7) is 0.235. The third-order valence-corrected chi connectivity index (χ3v) is 3.49. The van der Waals surface area contributed by atoms with E-state index in [-0.39, 0.29) is 17.9 Å². The van der Waals surface area contributed by atoms with Crippen LogP contribution in [0, 0.1) is 17.5 Å². The highest BCUT2D eigenvalue weighted by Gasteiger charge is 2.14. The Morgan fingerprint density at radius 3 is 2.52 bits per heavy atom. The van der Waals surface area contributed by atoms with Gasteiger partial charge in [0.15, 0.2) is 17.5 Å². The van der Waals surface area contributed by atoms with Gasteiger partial charge in [-0.1, -0.05) is 12.1 Å². The Balaban J connectivity index is 2.10. The molecule has 1 heterocycles. The molecule has 0 aliphatic carbocycles. The largest absolute Gasteiger partial charge is 0.322 e. The van der Waals surface area contributed by atoms with Crippen molar-refractivity contribution in [2.24, 2.45) is 0 Å². The average Bonchev–Trinajstić information content (AvgIpc) is 2.83. The monoisotopic (exact) mass is 310 g/mol. The first-order valence-corrected chi connectivity index (χ1v) is 6.77. The van der Waals surface area contributed by atoms with Crippen LogP contribution in [-0.4, -0.2) is 9.55 Å². The first-order chi connectivity index (χ1) is 10.1. The molecule has 1 aromatic heterocycles. The number of para-hydroxylation sites is 1. The van der Waals surface area contributed by atoms with Crippen molar-refractivity contribution in [2.75, 3.05) is 0 Å². The Labute approximate surface area is 123 Å². The summed E-state index contributed by atoms with van der Waals surface area (Å²) in [7, 11) is 0. The highest BCUT2D eigenvalue weighted by atomic mass is 35.5. The molecule has 0 bridgehead atoms. The molecule has 0 saturated heterocycles. The summed E-state index contributed by atoms with van der Waals surface area (Å²) in [6.07, 6.45) is 0. The van der Waals surface area contributed by atoms with E-state index in [0.29, 0.717) is 16.9 Å². The number of alkyl halides is 1. The molecule has 0 fully saturated rings. The van der Waals surface area contributed by atoms with Gasteiger partial charge in [0.05, 0.1) is 11.4 Å². The summed E-state index contributed by atoms with van der Waals surface area (Å²) >= 11 is 5.84. The summed E-state index contributed by atoms with van der Waals surface area (Å²) in [5, 5.41) is 0. The predicted octanol–water partition coefficient (Wildman–Crippen LogP) is 4.24. The number of halogens is 4. The Bertz CT molecular complexity index is 814. The quantitative estimate of drug-likeness (QED) is 0.662. The van der Waals surface area contributed by atoms with Gasteiger partial charge < -0.3 is 4.57 Å². The number of hydrogen-bond donors (Lipinski definition) is 0. The molecule has 2 aromatic carbocycles. The van der Waals surface area contributed by atoms with E-state index in [2.05, 4.69) is 4.98 Å². The lowest BCUT2D eigenvalue weighted by molar-refractivity contribution is 0.506. The molecular weight excluding hydrogens is 301 g/mol. The zero-order valence-corrected chi connectivity index (χ0v) is 11.5. The van der Waals surface area contributed by atoms with Crippen molar-refractivity contribution in [3.05, 3.63) is 65.2 Å². The molecule has 6 heteroatoms. The van der Waals surface area contributed by atoms with Crippen LogP contribution in [0.25, 0.3) is 11.0 Å². The van der Waals surface area contributed by atoms with Gasteiger partial charge in [0, 0.05) is 6.54 Å². The molecule has 0 radical (unpaired) electrons. The zero-order chi connectivity index (χ0) is 15.0. The predicted molar refractivity (Wildman–Crippen MR) is 74.7 cm³/mol. The minimum absolute atomic E-state index is 0.0950. The molecule has 0 amide bonds. The molecule has 0 atom stereocenters.